The van der Waals surface area contributed by atoms with Crippen LogP contribution in [0.25, 0.3) is 0 Å². The molecule has 3 N–H and O–H groups in total. The van der Waals surface area contributed by atoms with E-state index in [1.807, 2.05) is 11.6 Å². The van der Waals surface area contributed by atoms with Crippen LogP contribution in [-0.2, 0) is 19.4 Å². The molecule has 112 valence electrons. The zero-order valence-electron chi connectivity index (χ0n) is 12.2. The number of rotatable bonds is 6. The highest BCUT2D eigenvalue weighted by Gasteiger charge is 2.13. The lowest BCUT2D eigenvalue weighted by Gasteiger charge is -2.11. The fourth-order valence-electron chi connectivity index (χ4n) is 2.24. The number of nitro groups is 1. The number of aryl methyl sites for hydroxylation is 2. The topological polar surface area (TPSA) is 99.0 Å². The van der Waals surface area contributed by atoms with Crippen LogP contribution < -0.4 is 11.3 Å². The highest BCUT2D eigenvalue weighted by molar-refractivity contribution is 5.55. The fraction of sp³-hybridized carbons (Fsp3) is 0.357. The number of anilines is 1. The number of hydrogen-bond donors (Lipinski definition) is 2. The minimum absolute atomic E-state index is 0.0462. The van der Waals surface area contributed by atoms with Crippen molar-refractivity contribution in [2.45, 2.75) is 33.2 Å². The Kier molecular flexibility index (Phi) is 4.54. The van der Waals surface area contributed by atoms with E-state index in [4.69, 9.17) is 5.84 Å². The zero-order chi connectivity index (χ0) is 15.4. The Morgan fingerprint density at radius 1 is 1.33 bits per heavy atom. The molecule has 0 spiro atoms. The summed E-state index contributed by atoms with van der Waals surface area (Å²) in [5.41, 5.74) is 6.14. The Morgan fingerprint density at radius 3 is 2.67 bits per heavy atom. The van der Waals surface area contributed by atoms with E-state index in [9.17, 15) is 10.1 Å². The van der Waals surface area contributed by atoms with Gasteiger partial charge in [-0.3, -0.25) is 20.6 Å². The molecule has 2 aromatic rings. The van der Waals surface area contributed by atoms with Crippen LogP contribution in [-0.4, -0.2) is 14.7 Å². The first kappa shape index (κ1) is 15.0. The molecule has 0 aliphatic heterocycles. The van der Waals surface area contributed by atoms with Crippen molar-refractivity contribution in [3.05, 3.63) is 51.3 Å². The van der Waals surface area contributed by atoms with E-state index in [1.54, 1.807) is 6.07 Å². The van der Waals surface area contributed by atoms with E-state index >= 15 is 0 Å². The lowest BCUT2D eigenvalue weighted by molar-refractivity contribution is -0.384. The Morgan fingerprint density at radius 2 is 2.10 bits per heavy atom. The van der Waals surface area contributed by atoms with Gasteiger partial charge in [-0.15, -0.1) is 0 Å². The molecule has 1 aromatic heterocycles. The van der Waals surface area contributed by atoms with E-state index in [2.05, 4.69) is 23.5 Å². The number of hydrazine groups is 1. The molecule has 2 rings (SSSR count). The third-order valence-corrected chi connectivity index (χ3v) is 3.41. The van der Waals surface area contributed by atoms with E-state index < -0.39 is 4.92 Å². The number of nitrogen functional groups attached to an aromatic ring is 1. The third-order valence-electron chi connectivity index (χ3n) is 3.41. The van der Waals surface area contributed by atoms with E-state index in [-0.39, 0.29) is 5.69 Å². The van der Waals surface area contributed by atoms with Gasteiger partial charge in [-0.1, -0.05) is 13.8 Å². The van der Waals surface area contributed by atoms with Crippen molar-refractivity contribution in [2.75, 3.05) is 5.43 Å². The summed E-state index contributed by atoms with van der Waals surface area (Å²) in [5, 5.41) is 15.4. The number of nitrogens with zero attached hydrogens (tertiary/aromatic N) is 3. The van der Waals surface area contributed by atoms with Gasteiger partial charge in [-0.25, -0.2) is 0 Å². The summed E-state index contributed by atoms with van der Waals surface area (Å²) in [7, 11) is 0. The molecule has 0 bridgehead atoms. The van der Waals surface area contributed by atoms with Crippen molar-refractivity contribution in [1.82, 2.24) is 9.78 Å². The molecular formula is C14H19N5O2. The van der Waals surface area contributed by atoms with E-state index in [0.29, 0.717) is 12.2 Å². The second kappa shape index (κ2) is 6.36. The Labute approximate surface area is 122 Å². The third kappa shape index (κ3) is 3.19. The van der Waals surface area contributed by atoms with E-state index in [1.165, 1.54) is 12.1 Å². The molecule has 1 aromatic carbocycles. The van der Waals surface area contributed by atoms with Crippen molar-refractivity contribution in [3.8, 4) is 0 Å². The van der Waals surface area contributed by atoms with Gasteiger partial charge in [-0.05, 0) is 25.0 Å². The van der Waals surface area contributed by atoms with Gasteiger partial charge in [0.2, 0.25) is 0 Å². The lowest BCUT2D eigenvalue weighted by atomic mass is 10.1. The number of nitrogens with two attached hydrogens (primary N) is 1. The van der Waals surface area contributed by atoms with Crippen molar-refractivity contribution in [3.63, 3.8) is 0 Å². The molecule has 0 atom stereocenters. The smallest absolute Gasteiger partial charge is 0.269 e. The predicted octanol–water partition coefficient (Wildman–Crippen LogP) is 2.25. The van der Waals surface area contributed by atoms with Crippen molar-refractivity contribution < 1.29 is 4.92 Å². The summed E-state index contributed by atoms with van der Waals surface area (Å²) in [6.07, 6.45) is 1.71. The molecule has 0 fully saturated rings. The second-order valence-electron chi connectivity index (χ2n) is 4.73. The number of aromatic nitrogens is 2. The summed E-state index contributed by atoms with van der Waals surface area (Å²) >= 11 is 0. The number of nitrogens with one attached hydrogen (secondary N) is 1. The monoisotopic (exact) mass is 289 g/mol. The van der Waals surface area contributed by atoms with Gasteiger partial charge in [0, 0.05) is 23.4 Å². The van der Waals surface area contributed by atoms with Crippen molar-refractivity contribution in [2.24, 2.45) is 5.84 Å². The number of hydrogen-bond acceptors (Lipinski definition) is 5. The second-order valence-corrected chi connectivity index (χ2v) is 4.73. The minimum atomic E-state index is -0.412. The minimum Gasteiger partial charge on any atom is -0.324 e. The van der Waals surface area contributed by atoms with Crippen LogP contribution in [0.2, 0.25) is 0 Å². The SMILES string of the molecule is CCc1cc(CC)n(Cc2cc([N+](=O)[O-])ccc2NN)n1. The normalized spacial score (nSPS) is 10.6. The largest absolute Gasteiger partial charge is 0.324 e. The highest BCUT2D eigenvalue weighted by atomic mass is 16.6. The van der Waals surface area contributed by atoms with Gasteiger partial charge in [0.25, 0.3) is 5.69 Å². The summed E-state index contributed by atoms with van der Waals surface area (Å²) < 4.78 is 1.87. The van der Waals surface area contributed by atoms with Gasteiger partial charge in [-0.2, -0.15) is 5.10 Å². The maximum Gasteiger partial charge on any atom is 0.269 e. The summed E-state index contributed by atoms with van der Waals surface area (Å²) in [6, 6.07) is 6.64. The lowest BCUT2D eigenvalue weighted by Crippen LogP contribution is -2.13. The standard InChI is InChI=1S/C14H19N5O2/c1-3-11-8-12(4-2)18(17-11)9-10-7-13(19(20)21)5-6-14(10)16-15/h5-8,16H,3-4,9,15H2,1-2H3. The first-order chi connectivity index (χ1) is 10.1. The molecule has 0 aliphatic carbocycles. The molecule has 0 amide bonds. The molecule has 7 heteroatoms. The number of benzene rings is 1. The number of nitro benzene ring substituents is 1. The van der Waals surface area contributed by atoms with Crippen LogP contribution in [0.1, 0.15) is 30.8 Å². The average molecular weight is 289 g/mol. The average Bonchev–Trinajstić information content (AvgIpc) is 2.89. The molecule has 0 radical (unpaired) electrons. The van der Waals surface area contributed by atoms with E-state index in [0.717, 1.165) is 29.8 Å². The van der Waals surface area contributed by atoms with Crippen LogP contribution in [0.3, 0.4) is 0 Å². The number of non-ortho nitro benzene ring substituents is 1. The zero-order valence-corrected chi connectivity index (χ0v) is 12.2. The maximum atomic E-state index is 10.9. The first-order valence-electron chi connectivity index (χ1n) is 6.88. The van der Waals surface area contributed by atoms with Crippen LogP contribution >= 0.6 is 0 Å². The summed E-state index contributed by atoms with van der Waals surface area (Å²) in [6.45, 7) is 4.55. The summed E-state index contributed by atoms with van der Waals surface area (Å²) in [4.78, 5) is 10.5. The Balaban J connectivity index is 2.39. The van der Waals surface area contributed by atoms with Gasteiger partial charge >= 0.3 is 0 Å². The predicted molar refractivity (Wildman–Crippen MR) is 81.0 cm³/mol. The Bertz CT molecular complexity index is 651. The molecule has 0 unspecified atom stereocenters. The quantitative estimate of drug-likeness (QED) is 0.482. The van der Waals surface area contributed by atoms with Crippen molar-refractivity contribution in [1.29, 1.82) is 0 Å². The van der Waals surface area contributed by atoms with Gasteiger partial charge in [0.1, 0.15) is 0 Å². The molecule has 0 saturated carbocycles. The van der Waals surface area contributed by atoms with Crippen LogP contribution in [0.4, 0.5) is 11.4 Å². The molecule has 0 saturated heterocycles. The molecule has 21 heavy (non-hydrogen) atoms. The Hall–Kier alpha value is -2.41. The molecule has 7 nitrogen and oxygen atoms in total. The van der Waals surface area contributed by atoms with Crippen LogP contribution in [0.5, 0.6) is 0 Å². The summed E-state index contributed by atoms with van der Waals surface area (Å²) in [5.74, 6) is 5.48. The molecule has 0 aliphatic rings. The van der Waals surface area contributed by atoms with Gasteiger partial charge in [0.05, 0.1) is 22.8 Å². The fourth-order valence-corrected chi connectivity index (χ4v) is 2.24. The van der Waals surface area contributed by atoms with Gasteiger partial charge in [0.15, 0.2) is 0 Å². The van der Waals surface area contributed by atoms with Gasteiger partial charge < -0.3 is 5.43 Å². The first-order valence-corrected chi connectivity index (χ1v) is 6.88. The molecular weight excluding hydrogens is 270 g/mol. The van der Waals surface area contributed by atoms with Crippen molar-refractivity contribution >= 4 is 11.4 Å². The van der Waals surface area contributed by atoms with Crippen LogP contribution in [0, 0.1) is 10.1 Å². The maximum absolute atomic E-state index is 10.9. The van der Waals surface area contributed by atoms with Crippen LogP contribution in [0.15, 0.2) is 24.3 Å². The highest BCUT2D eigenvalue weighted by Crippen LogP contribution is 2.23. The molecule has 1 heterocycles.